The average molecular weight is 394 g/mol. The van der Waals surface area contributed by atoms with Gasteiger partial charge in [0, 0.05) is 13.3 Å². The third-order valence-corrected chi connectivity index (χ3v) is 6.08. The number of nitrogens with zero attached hydrogens (tertiary/aromatic N) is 1. The van der Waals surface area contributed by atoms with Gasteiger partial charge in [-0.1, -0.05) is 63.7 Å². The number of likely N-dealkylation sites (N-methyl/N-ethyl adjacent to an activating group) is 1. The number of carbonyl (C=O) groups is 1. The molecule has 0 heterocycles. The van der Waals surface area contributed by atoms with Gasteiger partial charge in [-0.25, -0.2) is 8.42 Å². The number of unbranched alkanes of at least 4 members (excludes halogenated alkanes) is 7. The third kappa shape index (κ3) is 8.74. The molecular weight excluding hydrogens is 358 g/mol. The first kappa shape index (κ1) is 23.4. The van der Waals surface area contributed by atoms with E-state index in [0.717, 1.165) is 18.4 Å². The van der Waals surface area contributed by atoms with E-state index in [0.29, 0.717) is 4.90 Å². The van der Waals surface area contributed by atoms with Crippen molar-refractivity contribution in [2.45, 2.75) is 76.2 Å². The molecule has 5 heteroatoms. The summed E-state index contributed by atoms with van der Waals surface area (Å²) in [7, 11) is -1.43. The summed E-state index contributed by atoms with van der Waals surface area (Å²) in [5.74, 6) is -0.0300. The second kappa shape index (κ2) is 12.0. The molecule has 1 aromatic carbocycles. The molecule has 0 aliphatic carbocycles. The van der Waals surface area contributed by atoms with Crippen LogP contribution in [0.15, 0.2) is 41.3 Å². The fraction of sp³-hybridized carbons (Fsp3) is 0.591. The molecule has 0 saturated carbocycles. The first-order chi connectivity index (χ1) is 12.8. The van der Waals surface area contributed by atoms with Crippen molar-refractivity contribution in [3.8, 4) is 0 Å². The van der Waals surface area contributed by atoms with Gasteiger partial charge in [-0.2, -0.15) is 0 Å². The van der Waals surface area contributed by atoms with Crippen LogP contribution in [0.3, 0.4) is 0 Å². The topological polar surface area (TPSA) is 54.5 Å². The van der Waals surface area contributed by atoms with E-state index in [2.05, 4.69) is 6.92 Å². The van der Waals surface area contributed by atoms with E-state index in [1.807, 2.05) is 13.0 Å². The zero-order chi connectivity index (χ0) is 20.3. The lowest BCUT2D eigenvalue weighted by atomic mass is 10.1. The summed E-state index contributed by atoms with van der Waals surface area (Å²) in [6.45, 7) is 4.17. The van der Waals surface area contributed by atoms with Crippen LogP contribution in [0.2, 0.25) is 0 Å². The SMILES string of the molecule is CCCCCCCCC/C=C/C(=O)N(C)[C@@H](C)c1ccc(S(C)(=O)=O)cc1. The molecule has 0 aromatic heterocycles. The van der Waals surface area contributed by atoms with Crippen molar-refractivity contribution in [1.82, 2.24) is 4.90 Å². The first-order valence-corrected chi connectivity index (χ1v) is 11.9. The van der Waals surface area contributed by atoms with Crippen molar-refractivity contribution < 1.29 is 13.2 Å². The highest BCUT2D eigenvalue weighted by atomic mass is 32.2. The monoisotopic (exact) mass is 393 g/mol. The van der Waals surface area contributed by atoms with Gasteiger partial charge in [-0.05, 0) is 43.5 Å². The average Bonchev–Trinajstić information content (AvgIpc) is 2.64. The molecule has 152 valence electrons. The Balaban J connectivity index is 2.41. The van der Waals surface area contributed by atoms with E-state index in [-0.39, 0.29) is 11.9 Å². The summed E-state index contributed by atoms with van der Waals surface area (Å²) >= 11 is 0. The predicted molar refractivity (Wildman–Crippen MR) is 112 cm³/mol. The van der Waals surface area contributed by atoms with E-state index in [1.165, 1.54) is 44.8 Å². The van der Waals surface area contributed by atoms with E-state index in [1.54, 1.807) is 42.3 Å². The third-order valence-electron chi connectivity index (χ3n) is 4.95. The van der Waals surface area contributed by atoms with Crippen molar-refractivity contribution in [3.05, 3.63) is 42.0 Å². The summed E-state index contributed by atoms with van der Waals surface area (Å²) in [5, 5.41) is 0. The molecule has 0 spiro atoms. The van der Waals surface area contributed by atoms with Gasteiger partial charge in [0.2, 0.25) is 5.91 Å². The highest BCUT2D eigenvalue weighted by Gasteiger charge is 2.16. The molecular formula is C22H35NO3S. The minimum atomic E-state index is -3.20. The molecule has 0 saturated heterocycles. The van der Waals surface area contributed by atoms with Gasteiger partial charge in [0.25, 0.3) is 0 Å². The van der Waals surface area contributed by atoms with Crippen LogP contribution in [0, 0.1) is 0 Å². The van der Waals surface area contributed by atoms with E-state index >= 15 is 0 Å². The van der Waals surface area contributed by atoms with Gasteiger partial charge >= 0.3 is 0 Å². The number of amides is 1. The Bertz CT molecular complexity index is 693. The zero-order valence-electron chi connectivity index (χ0n) is 17.3. The molecule has 1 aromatic rings. The first-order valence-electron chi connectivity index (χ1n) is 10.0. The van der Waals surface area contributed by atoms with Gasteiger partial charge in [-0.3, -0.25) is 4.79 Å². The maximum Gasteiger partial charge on any atom is 0.246 e. The van der Waals surface area contributed by atoms with E-state index < -0.39 is 9.84 Å². The molecule has 0 N–H and O–H groups in total. The zero-order valence-corrected chi connectivity index (χ0v) is 18.1. The molecule has 1 atom stereocenters. The Labute approximate surface area is 165 Å². The van der Waals surface area contributed by atoms with Crippen LogP contribution in [0.25, 0.3) is 0 Å². The van der Waals surface area contributed by atoms with Crippen LogP contribution in [-0.2, 0) is 14.6 Å². The summed E-state index contributed by atoms with van der Waals surface area (Å²) in [5.41, 5.74) is 0.915. The number of rotatable bonds is 12. The highest BCUT2D eigenvalue weighted by Crippen LogP contribution is 2.21. The summed E-state index contributed by atoms with van der Waals surface area (Å²) in [6.07, 6.45) is 14.6. The standard InChI is InChI=1S/C22H35NO3S/c1-5-6-7-8-9-10-11-12-13-14-22(24)23(3)19(2)20-15-17-21(18-16-20)27(4,25)26/h13-19H,5-12H2,1-4H3/b14-13+/t19-/m0/s1. The largest absolute Gasteiger partial charge is 0.335 e. The lowest BCUT2D eigenvalue weighted by molar-refractivity contribution is -0.126. The lowest BCUT2D eigenvalue weighted by Crippen LogP contribution is -2.28. The molecule has 0 bridgehead atoms. The van der Waals surface area contributed by atoms with Gasteiger partial charge in [-0.15, -0.1) is 0 Å². The van der Waals surface area contributed by atoms with Crippen molar-refractivity contribution in [2.75, 3.05) is 13.3 Å². The molecule has 0 aliphatic rings. The van der Waals surface area contributed by atoms with Crippen LogP contribution >= 0.6 is 0 Å². The Hall–Kier alpha value is -1.62. The second-order valence-electron chi connectivity index (χ2n) is 7.28. The number of benzene rings is 1. The van der Waals surface area contributed by atoms with Crippen LogP contribution in [0.5, 0.6) is 0 Å². The number of allylic oxidation sites excluding steroid dienone is 1. The number of hydrogen-bond acceptors (Lipinski definition) is 3. The number of sulfone groups is 1. The molecule has 0 radical (unpaired) electrons. The maximum absolute atomic E-state index is 12.3. The van der Waals surface area contributed by atoms with Crippen molar-refractivity contribution in [3.63, 3.8) is 0 Å². The molecule has 0 aliphatic heterocycles. The fourth-order valence-electron chi connectivity index (χ4n) is 2.93. The minimum Gasteiger partial charge on any atom is -0.335 e. The van der Waals surface area contributed by atoms with Crippen LogP contribution in [0.1, 0.15) is 76.8 Å². The molecule has 1 rings (SSSR count). The number of carbonyl (C=O) groups excluding carboxylic acids is 1. The van der Waals surface area contributed by atoms with Crippen LogP contribution in [0.4, 0.5) is 0 Å². The van der Waals surface area contributed by atoms with Gasteiger partial charge in [0.05, 0.1) is 10.9 Å². The highest BCUT2D eigenvalue weighted by molar-refractivity contribution is 7.90. The maximum atomic E-state index is 12.3. The predicted octanol–water partition coefficient (Wildman–Crippen LogP) is 5.31. The summed E-state index contributed by atoms with van der Waals surface area (Å²) in [4.78, 5) is 14.3. The van der Waals surface area contributed by atoms with E-state index in [9.17, 15) is 13.2 Å². The van der Waals surface area contributed by atoms with Crippen molar-refractivity contribution >= 4 is 15.7 Å². The van der Waals surface area contributed by atoms with Crippen molar-refractivity contribution in [1.29, 1.82) is 0 Å². The van der Waals surface area contributed by atoms with Crippen LogP contribution in [-0.4, -0.2) is 32.5 Å². The fourth-order valence-corrected chi connectivity index (χ4v) is 3.56. The summed E-state index contributed by atoms with van der Waals surface area (Å²) in [6, 6.07) is 6.61. The molecule has 27 heavy (non-hydrogen) atoms. The normalized spacial score (nSPS) is 13.0. The van der Waals surface area contributed by atoms with Gasteiger partial charge < -0.3 is 4.90 Å². The molecule has 0 fully saturated rings. The smallest absolute Gasteiger partial charge is 0.246 e. The minimum absolute atomic E-state index is 0.0300. The summed E-state index contributed by atoms with van der Waals surface area (Å²) < 4.78 is 23.1. The number of hydrogen-bond donors (Lipinski definition) is 0. The van der Waals surface area contributed by atoms with Gasteiger partial charge in [0.15, 0.2) is 9.84 Å². The molecule has 1 amide bonds. The Morgan fingerprint density at radius 3 is 2.15 bits per heavy atom. The van der Waals surface area contributed by atoms with Gasteiger partial charge in [0.1, 0.15) is 0 Å². The Morgan fingerprint density at radius 2 is 1.59 bits per heavy atom. The Morgan fingerprint density at radius 1 is 1.04 bits per heavy atom. The van der Waals surface area contributed by atoms with E-state index in [4.69, 9.17) is 0 Å². The Kier molecular flexibility index (Phi) is 10.4. The van der Waals surface area contributed by atoms with Crippen molar-refractivity contribution in [2.24, 2.45) is 0 Å². The van der Waals surface area contributed by atoms with Crippen LogP contribution < -0.4 is 0 Å². The molecule has 0 unspecified atom stereocenters. The molecule has 4 nitrogen and oxygen atoms in total. The quantitative estimate of drug-likeness (QED) is 0.357. The lowest BCUT2D eigenvalue weighted by Gasteiger charge is -2.24. The second-order valence-corrected chi connectivity index (χ2v) is 9.29.